The van der Waals surface area contributed by atoms with E-state index in [1.807, 2.05) is 0 Å². The number of piperazine rings is 1. The standard InChI is InChI=1S/C22H24F3N7O2S/c1-31-8-10-32(11-9-31)7-6-28-20(34)13-2-3-14-15(12-13)35-21(29-14)17(18(26)33)19-27-5-4-16(30-19)22(23,24)25/h2-5,12,17H,6-11H2,1H3,(H2,26,33)(H,28,34). The molecule has 1 saturated heterocycles. The molecule has 0 radical (unpaired) electrons. The van der Waals surface area contributed by atoms with Crippen molar-refractivity contribution in [3.63, 3.8) is 0 Å². The van der Waals surface area contributed by atoms with E-state index in [2.05, 4.69) is 37.1 Å². The molecule has 3 N–H and O–H groups in total. The van der Waals surface area contributed by atoms with Gasteiger partial charge in [0.1, 0.15) is 22.4 Å². The van der Waals surface area contributed by atoms with Gasteiger partial charge in [0, 0.05) is 51.0 Å². The number of nitrogens with one attached hydrogen (secondary N) is 1. The van der Waals surface area contributed by atoms with E-state index in [4.69, 9.17) is 5.73 Å². The van der Waals surface area contributed by atoms with Gasteiger partial charge in [0.05, 0.1) is 10.2 Å². The molecule has 1 aliphatic heterocycles. The molecule has 0 aliphatic carbocycles. The molecule has 0 bridgehead atoms. The molecule has 186 valence electrons. The number of alkyl halides is 3. The first-order valence-corrected chi connectivity index (χ1v) is 11.7. The monoisotopic (exact) mass is 507 g/mol. The highest BCUT2D eigenvalue weighted by molar-refractivity contribution is 7.18. The lowest BCUT2D eigenvalue weighted by molar-refractivity contribution is -0.141. The molecule has 1 fully saturated rings. The van der Waals surface area contributed by atoms with Gasteiger partial charge in [-0.2, -0.15) is 13.2 Å². The number of hydrogen-bond acceptors (Lipinski definition) is 8. The van der Waals surface area contributed by atoms with Gasteiger partial charge < -0.3 is 16.0 Å². The minimum Gasteiger partial charge on any atom is -0.369 e. The van der Waals surface area contributed by atoms with Crippen LogP contribution < -0.4 is 11.1 Å². The number of benzene rings is 1. The Morgan fingerprint density at radius 3 is 2.60 bits per heavy atom. The molecule has 0 spiro atoms. The fourth-order valence-corrected chi connectivity index (χ4v) is 4.85. The summed E-state index contributed by atoms with van der Waals surface area (Å²) in [6.07, 6.45) is -3.76. The van der Waals surface area contributed by atoms with E-state index in [0.29, 0.717) is 28.4 Å². The minimum atomic E-state index is -4.69. The SMILES string of the molecule is CN1CCN(CCNC(=O)c2ccc3nc(C(C(N)=O)c4nccc(C(F)(F)F)n4)sc3c2)CC1. The van der Waals surface area contributed by atoms with Crippen LogP contribution in [0.2, 0.25) is 0 Å². The van der Waals surface area contributed by atoms with Crippen molar-refractivity contribution in [2.24, 2.45) is 5.73 Å². The van der Waals surface area contributed by atoms with E-state index < -0.39 is 23.7 Å². The van der Waals surface area contributed by atoms with E-state index in [0.717, 1.165) is 50.3 Å². The Labute approximate surface area is 203 Å². The normalized spacial score (nSPS) is 16.3. The molecule has 35 heavy (non-hydrogen) atoms. The Hall–Kier alpha value is -3.16. The van der Waals surface area contributed by atoms with Crippen molar-refractivity contribution < 1.29 is 22.8 Å². The summed E-state index contributed by atoms with van der Waals surface area (Å²) < 4.78 is 39.8. The molecule has 1 aromatic carbocycles. The van der Waals surface area contributed by atoms with Crippen LogP contribution in [0.4, 0.5) is 13.2 Å². The van der Waals surface area contributed by atoms with Crippen LogP contribution >= 0.6 is 11.3 Å². The van der Waals surface area contributed by atoms with E-state index in [9.17, 15) is 22.8 Å². The second-order valence-electron chi connectivity index (χ2n) is 8.27. The van der Waals surface area contributed by atoms with E-state index in [1.165, 1.54) is 0 Å². The zero-order chi connectivity index (χ0) is 25.2. The topological polar surface area (TPSA) is 117 Å². The first kappa shape index (κ1) is 24.9. The zero-order valence-corrected chi connectivity index (χ0v) is 19.7. The molecular formula is C22H24F3N7O2S. The summed E-state index contributed by atoms with van der Waals surface area (Å²) in [5.74, 6) is -2.90. The number of carbonyl (C=O) groups is 2. The lowest BCUT2D eigenvalue weighted by Gasteiger charge is -2.32. The number of carbonyl (C=O) groups excluding carboxylic acids is 2. The van der Waals surface area contributed by atoms with Crippen molar-refractivity contribution in [1.82, 2.24) is 30.1 Å². The maximum Gasteiger partial charge on any atom is 0.433 e. The minimum absolute atomic E-state index is 0.152. The molecule has 2 aromatic heterocycles. The Kier molecular flexibility index (Phi) is 7.28. The lowest BCUT2D eigenvalue weighted by atomic mass is 10.1. The Morgan fingerprint density at radius 2 is 1.91 bits per heavy atom. The zero-order valence-electron chi connectivity index (χ0n) is 18.9. The van der Waals surface area contributed by atoms with Crippen LogP contribution in [0.1, 0.15) is 32.8 Å². The third-order valence-electron chi connectivity index (χ3n) is 5.73. The summed E-state index contributed by atoms with van der Waals surface area (Å²) in [6, 6.07) is 5.58. The van der Waals surface area contributed by atoms with Crippen LogP contribution in [-0.4, -0.2) is 82.9 Å². The number of likely N-dealkylation sites (N-methyl/N-ethyl adjacent to an activating group) is 1. The van der Waals surface area contributed by atoms with E-state index >= 15 is 0 Å². The summed E-state index contributed by atoms with van der Waals surface area (Å²) in [7, 11) is 2.08. The second kappa shape index (κ2) is 10.2. The molecule has 4 rings (SSSR count). The van der Waals surface area contributed by atoms with Crippen molar-refractivity contribution >= 4 is 33.4 Å². The van der Waals surface area contributed by atoms with Crippen molar-refractivity contribution in [3.05, 3.63) is 52.6 Å². The first-order valence-electron chi connectivity index (χ1n) is 10.9. The number of thiazole rings is 1. The smallest absolute Gasteiger partial charge is 0.369 e. The van der Waals surface area contributed by atoms with Gasteiger partial charge in [0.25, 0.3) is 5.91 Å². The van der Waals surface area contributed by atoms with Crippen molar-refractivity contribution in [3.8, 4) is 0 Å². The Balaban J connectivity index is 1.49. The van der Waals surface area contributed by atoms with E-state index in [1.54, 1.807) is 18.2 Å². The van der Waals surface area contributed by atoms with Crippen LogP contribution in [0.5, 0.6) is 0 Å². The lowest BCUT2D eigenvalue weighted by Crippen LogP contribution is -2.46. The van der Waals surface area contributed by atoms with Gasteiger partial charge in [-0.3, -0.25) is 14.5 Å². The quantitative estimate of drug-likeness (QED) is 0.500. The van der Waals surface area contributed by atoms with Gasteiger partial charge in [0.15, 0.2) is 0 Å². The van der Waals surface area contributed by atoms with Crippen molar-refractivity contribution in [2.75, 3.05) is 46.3 Å². The predicted molar refractivity (Wildman–Crippen MR) is 124 cm³/mol. The number of rotatable bonds is 7. The average Bonchev–Trinajstić information content (AvgIpc) is 3.22. The van der Waals surface area contributed by atoms with Gasteiger partial charge >= 0.3 is 6.18 Å². The summed E-state index contributed by atoms with van der Waals surface area (Å²) in [5, 5.41) is 3.06. The van der Waals surface area contributed by atoms with Gasteiger partial charge in [-0.05, 0) is 31.3 Å². The molecule has 0 saturated carbocycles. The molecule has 3 heterocycles. The fourth-order valence-electron chi connectivity index (χ4n) is 3.74. The van der Waals surface area contributed by atoms with Gasteiger partial charge in [-0.15, -0.1) is 11.3 Å². The maximum atomic E-state index is 13.1. The summed E-state index contributed by atoms with van der Waals surface area (Å²) in [5.41, 5.74) is 5.20. The number of nitrogens with zero attached hydrogens (tertiary/aromatic N) is 5. The number of nitrogens with two attached hydrogens (primary N) is 1. The van der Waals surface area contributed by atoms with Crippen molar-refractivity contribution in [1.29, 1.82) is 0 Å². The van der Waals surface area contributed by atoms with Gasteiger partial charge in [-0.1, -0.05) is 0 Å². The van der Waals surface area contributed by atoms with E-state index in [-0.39, 0.29) is 16.7 Å². The second-order valence-corrected chi connectivity index (χ2v) is 9.33. The summed E-state index contributed by atoms with van der Waals surface area (Å²) >= 11 is 1.05. The van der Waals surface area contributed by atoms with Crippen LogP contribution in [0.25, 0.3) is 10.2 Å². The number of aromatic nitrogens is 3. The Morgan fingerprint density at radius 1 is 1.17 bits per heavy atom. The number of fused-ring (bicyclic) bond motifs is 1. The van der Waals surface area contributed by atoms with Crippen LogP contribution in [-0.2, 0) is 11.0 Å². The highest BCUT2D eigenvalue weighted by Gasteiger charge is 2.35. The molecule has 13 heteroatoms. The number of hydrogen-bond donors (Lipinski definition) is 2. The summed E-state index contributed by atoms with van der Waals surface area (Å²) in [4.78, 5) is 41.0. The molecule has 1 aliphatic rings. The maximum absolute atomic E-state index is 13.1. The van der Waals surface area contributed by atoms with Gasteiger partial charge in [-0.25, -0.2) is 15.0 Å². The third kappa shape index (κ3) is 5.92. The van der Waals surface area contributed by atoms with Crippen LogP contribution in [0.3, 0.4) is 0 Å². The first-order chi connectivity index (χ1) is 16.6. The van der Waals surface area contributed by atoms with Gasteiger partial charge in [0.2, 0.25) is 5.91 Å². The molecule has 3 aromatic rings. The molecular weight excluding hydrogens is 483 g/mol. The molecule has 9 nitrogen and oxygen atoms in total. The number of halogens is 3. The van der Waals surface area contributed by atoms with Crippen LogP contribution in [0.15, 0.2) is 30.5 Å². The van der Waals surface area contributed by atoms with Crippen LogP contribution in [0, 0.1) is 0 Å². The molecule has 1 unspecified atom stereocenters. The Bertz CT molecular complexity index is 1230. The summed E-state index contributed by atoms with van der Waals surface area (Å²) in [6.45, 7) is 5.17. The number of primary amides is 1. The average molecular weight is 508 g/mol. The highest BCUT2D eigenvalue weighted by atomic mass is 32.1. The largest absolute Gasteiger partial charge is 0.433 e. The highest BCUT2D eigenvalue weighted by Crippen LogP contribution is 2.33. The fraction of sp³-hybridized carbons (Fsp3) is 0.409. The third-order valence-corrected chi connectivity index (χ3v) is 6.81. The predicted octanol–water partition coefficient (Wildman–Crippen LogP) is 1.70. The molecule has 1 atom stereocenters. The van der Waals surface area contributed by atoms with Crippen molar-refractivity contribution in [2.45, 2.75) is 12.1 Å². The number of amides is 2. The molecule has 2 amide bonds.